The largest absolute Gasteiger partial charge is 0.380 e. The van der Waals surface area contributed by atoms with Crippen molar-refractivity contribution < 1.29 is 4.74 Å². The lowest BCUT2D eigenvalue weighted by Crippen LogP contribution is -2.56. The topological polar surface area (TPSA) is 24.5 Å². The first kappa shape index (κ1) is 12.9. The van der Waals surface area contributed by atoms with Crippen LogP contribution in [0.1, 0.15) is 27.2 Å². The minimum atomic E-state index is 0.515. The number of hydrogen-bond acceptors (Lipinski definition) is 3. The summed E-state index contributed by atoms with van der Waals surface area (Å²) in [4.78, 5) is 2.46. The van der Waals surface area contributed by atoms with Crippen LogP contribution in [0.15, 0.2) is 0 Å². The highest BCUT2D eigenvalue weighted by Gasteiger charge is 2.30. The zero-order valence-corrected chi connectivity index (χ0v) is 10.8. The number of rotatable bonds is 4. The minimum Gasteiger partial charge on any atom is -0.380 e. The molecule has 1 aliphatic rings. The fourth-order valence-electron chi connectivity index (χ4n) is 2.23. The molecule has 3 atom stereocenters. The first-order chi connectivity index (χ1) is 7.07. The van der Waals surface area contributed by atoms with Crippen LogP contribution in [0.5, 0.6) is 0 Å². The molecule has 3 nitrogen and oxygen atoms in total. The molecule has 0 amide bonds. The van der Waals surface area contributed by atoms with Crippen molar-refractivity contribution in [2.24, 2.45) is 5.92 Å². The van der Waals surface area contributed by atoms with Gasteiger partial charge in [0.2, 0.25) is 0 Å². The van der Waals surface area contributed by atoms with E-state index < -0.39 is 0 Å². The van der Waals surface area contributed by atoms with E-state index in [2.05, 4.69) is 45.1 Å². The number of hydrogen-bond donors (Lipinski definition) is 1. The number of nitrogens with zero attached hydrogens (tertiary/aromatic N) is 1. The van der Waals surface area contributed by atoms with Gasteiger partial charge in [0.15, 0.2) is 0 Å². The van der Waals surface area contributed by atoms with Crippen LogP contribution in [0.3, 0.4) is 0 Å². The van der Waals surface area contributed by atoms with Gasteiger partial charge in [-0.15, -0.1) is 0 Å². The molecule has 0 bridgehead atoms. The van der Waals surface area contributed by atoms with Gasteiger partial charge in [0.05, 0.1) is 6.61 Å². The zero-order chi connectivity index (χ0) is 11.4. The summed E-state index contributed by atoms with van der Waals surface area (Å²) in [6, 6.07) is 1.69. The van der Waals surface area contributed by atoms with Crippen molar-refractivity contribution in [3.8, 4) is 0 Å². The van der Waals surface area contributed by atoms with Crippen molar-refractivity contribution in [3.05, 3.63) is 0 Å². The van der Waals surface area contributed by atoms with E-state index in [0.717, 1.165) is 19.6 Å². The SMILES string of the molecule is CNC1CCOCC1N(C)C(C)C(C)C. The molecule has 1 saturated heterocycles. The highest BCUT2D eigenvalue weighted by atomic mass is 16.5. The van der Waals surface area contributed by atoms with Gasteiger partial charge in [-0.25, -0.2) is 0 Å². The summed E-state index contributed by atoms with van der Waals surface area (Å²) in [5.74, 6) is 0.689. The fraction of sp³-hybridized carbons (Fsp3) is 1.00. The maximum absolute atomic E-state index is 5.58. The highest BCUT2D eigenvalue weighted by molar-refractivity contribution is 4.87. The minimum absolute atomic E-state index is 0.515. The average molecular weight is 214 g/mol. The molecule has 0 aliphatic carbocycles. The summed E-state index contributed by atoms with van der Waals surface area (Å²) in [5, 5.41) is 3.41. The lowest BCUT2D eigenvalue weighted by molar-refractivity contribution is -0.0108. The molecule has 1 rings (SSSR count). The van der Waals surface area contributed by atoms with Gasteiger partial charge in [0.1, 0.15) is 0 Å². The monoisotopic (exact) mass is 214 g/mol. The number of ether oxygens (including phenoxy) is 1. The van der Waals surface area contributed by atoms with Gasteiger partial charge in [-0.3, -0.25) is 4.90 Å². The van der Waals surface area contributed by atoms with Crippen LogP contribution in [-0.4, -0.2) is 50.3 Å². The third-order valence-corrected chi connectivity index (χ3v) is 3.83. The average Bonchev–Trinajstić information content (AvgIpc) is 2.26. The molecule has 0 saturated carbocycles. The van der Waals surface area contributed by atoms with Crippen LogP contribution in [0.25, 0.3) is 0 Å². The molecule has 0 radical (unpaired) electrons. The molecule has 1 fully saturated rings. The van der Waals surface area contributed by atoms with Crippen LogP contribution < -0.4 is 5.32 Å². The summed E-state index contributed by atoms with van der Waals surface area (Å²) in [7, 11) is 4.27. The molecule has 3 unspecified atom stereocenters. The second-order valence-corrected chi connectivity index (χ2v) is 4.98. The molecular formula is C12H26N2O. The van der Waals surface area contributed by atoms with Crippen molar-refractivity contribution >= 4 is 0 Å². The van der Waals surface area contributed by atoms with Crippen molar-refractivity contribution in [1.82, 2.24) is 10.2 Å². The Morgan fingerprint density at radius 1 is 1.33 bits per heavy atom. The third-order valence-electron chi connectivity index (χ3n) is 3.83. The summed E-state index contributed by atoms with van der Waals surface area (Å²) in [6.45, 7) is 8.61. The van der Waals surface area contributed by atoms with Crippen molar-refractivity contribution in [1.29, 1.82) is 0 Å². The first-order valence-electron chi connectivity index (χ1n) is 6.04. The summed E-state index contributed by atoms with van der Waals surface area (Å²) in [6.07, 6.45) is 1.12. The Morgan fingerprint density at radius 2 is 2.00 bits per heavy atom. The van der Waals surface area contributed by atoms with E-state index >= 15 is 0 Å². The standard InChI is InChI=1S/C12H26N2O/c1-9(2)10(3)14(5)12-8-15-7-6-11(12)13-4/h9-13H,6-8H2,1-5H3. The Hall–Kier alpha value is -0.120. The maximum Gasteiger partial charge on any atom is 0.0637 e. The van der Waals surface area contributed by atoms with Gasteiger partial charge in [-0.1, -0.05) is 13.8 Å². The van der Waals surface area contributed by atoms with Crippen LogP contribution in [-0.2, 0) is 4.74 Å². The predicted molar refractivity (Wildman–Crippen MR) is 64.1 cm³/mol. The number of likely N-dealkylation sites (N-methyl/N-ethyl adjacent to an activating group) is 2. The molecule has 0 spiro atoms. The zero-order valence-electron chi connectivity index (χ0n) is 10.8. The normalized spacial score (nSPS) is 29.8. The van der Waals surface area contributed by atoms with Crippen molar-refractivity contribution in [3.63, 3.8) is 0 Å². The van der Waals surface area contributed by atoms with E-state index in [-0.39, 0.29) is 0 Å². The molecular weight excluding hydrogens is 188 g/mol. The molecule has 3 heteroatoms. The van der Waals surface area contributed by atoms with E-state index in [4.69, 9.17) is 4.74 Å². The number of nitrogens with one attached hydrogen (secondary N) is 1. The van der Waals surface area contributed by atoms with Gasteiger partial charge >= 0.3 is 0 Å². The Kier molecular flexibility index (Phi) is 5.03. The molecule has 1 aliphatic heterocycles. The first-order valence-corrected chi connectivity index (χ1v) is 6.04. The van der Waals surface area contributed by atoms with Gasteiger partial charge in [-0.2, -0.15) is 0 Å². The molecule has 15 heavy (non-hydrogen) atoms. The van der Waals surface area contributed by atoms with Crippen molar-refractivity contribution in [2.75, 3.05) is 27.3 Å². The van der Waals surface area contributed by atoms with E-state index in [1.165, 1.54) is 0 Å². The second kappa shape index (κ2) is 5.83. The van der Waals surface area contributed by atoms with Gasteiger partial charge < -0.3 is 10.1 Å². The molecule has 0 aromatic carbocycles. The Labute approximate surface area is 94.2 Å². The second-order valence-electron chi connectivity index (χ2n) is 4.98. The fourth-order valence-corrected chi connectivity index (χ4v) is 2.23. The molecule has 1 N–H and O–H groups in total. The Bertz CT molecular complexity index is 184. The maximum atomic E-state index is 5.58. The van der Waals surface area contributed by atoms with Crippen LogP contribution >= 0.6 is 0 Å². The molecule has 90 valence electrons. The summed E-state index contributed by atoms with van der Waals surface area (Å²) in [5.41, 5.74) is 0. The van der Waals surface area contributed by atoms with Gasteiger partial charge in [0.25, 0.3) is 0 Å². The summed E-state index contributed by atoms with van der Waals surface area (Å²) < 4.78 is 5.58. The molecule has 0 aromatic rings. The lowest BCUT2D eigenvalue weighted by atomic mass is 9.97. The highest BCUT2D eigenvalue weighted by Crippen LogP contribution is 2.18. The lowest BCUT2D eigenvalue weighted by Gasteiger charge is -2.41. The predicted octanol–water partition coefficient (Wildman–Crippen LogP) is 1.34. The van der Waals surface area contributed by atoms with E-state index in [0.29, 0.717) is 24.0 Å². The van der Waals surface area contributed by atoms with Crippen LogP contribution in [0, 0.1) is 5.92 Å². The van der Waals surface area contributed by atoms with Crippen molar-refractivity contribution in [2.45, 2.75) is 45.3 Å². The van der Waals surface area contributed by atoms with E-state index in [1.807, 2.05) is 0 Å². The smallest absolute Gasteiger partial charge is 0.0637 e. The van der Waals surface area contributed by atoms with Gasteiger partial charge in [0, 0.05) is 24.7 Å². The van der Waals surface area contributed by atoms with E-state index in [1.54, 1.807) is 0 Å². The Balaban J connectivity index is 2.58. The molecule has 1 heterocycles. The van der Waals surface area contributed by atoms with E-state index in [9.17, 15) is 0 Å². The quantitative estimate of drug-likeness (QED) is 0.764. The summed E-state index contributed by atoms with van der Waals surface area (Å²) >= 11 is 0. The molecule has 0 aromatic heterocycles. The Morgan fingerprint density at radius 3 is 2.53 bits per heavy atom. The van der Waals surface area contributed by atoms with Crippen LogP contribution in [0.2, 0.25) is 0 Å². The third kappa shape index (κ3) is 3.16. The van der Waals surface area contributed by atoms with Gasteiger partial charge in [-0.05, 0) is 33.4 Å². The van der Waals surface area contributed by atoms with Crippen LogP contribution in [0.4, 0.5) is 0 Å².